The molecule has 2 aromatic heterocycles. The van der Waals surface area contributed by atoms with Crippen LogP contribution in [0.2, 0.25) is 0 Å². The number of nitro benzene ring substituents is 1. The van der Waals surface area contributed by atoms with Crippen molar-refractivity contribution >= 4 is 60.8 Å². The number of pyridine rings is 1. The second kappa shape index (κ2) is 18.6. The second-order valence-electron chi connectivity index (χ2n) is 21.5. The first-order valence-corrected chi connectivity index (χ1v) is 27.4. The van der Waals surface area contributed by atoms with E-state index in [1.165, 1.54) is 17.2 Å². The number of H-pyrrole nitrogens is 1. The molecule has 0 unspecified atom stereocenters. The summed E-state index contributed by atoms with van der Waals surface area (Å²) in [6.07, 6.45) is 7.67. The van der Waals surface area contributed by atoms with Gasteiger partial charge in [-0.2, -0.15) is 4.98 Å². The number of benzene rings is 3. The standard InChI is InChI=1S/C54H64N10O8S/c1-33(2)38-7-4-5-8-39(38)41-9-6-17-62(41)36-28-54(29-36)14-18-61(19-15-54)43-11-10-40(51(55)65)49(63-42-13-24-70-32-47(42)72-53-45(63)25-34-12-16-56-52(34)58-53)50(43)73(68,69)37-26-44(64(66)67)48-46(27-37)71-31-35(57-48)30-60-22-20-59(3)21-23-60/h4-5,7-8,10-12,16,25-27,35-36,41-42,47,57H,1,6,9,13-15,17-24,28-32H2,2-3H3,(H2,55,65)(H,56,58)/t35-,41+,42+,47+/m1/s1. The van der Waals surface area contributed by atoms with E-state index in [2.05, 4.69) is 74.7 Å². The summed E-state index contributed by atoms with van der Waals surface area (Å²) in [6.45, 7) is 13.4. The number of fused-ring (bicyclic) bond motifs is 4. The number of amides is 1. The highest BCUT2D eigenvalue weighted by molar-refractivity contribution is 7.91. The number of piperidine rings is 1. The van der Waals surface area contributed by atoms with Crippen LogP contribution in [-0.4, -0.2) is 147 Å². The first kappa shape index (κ1) is 47.7. The molecule has 4 saturated heterocycles. The summed E-state index contributed by atoms with van der Waals surface area (Å²) < 4.78 is 51.1. The number of allylic oxidation sites excluding steroid dienone is 1. The molecule has 8 heterocycles. The van der Waals surface area contributed by atoms with Gasteiger partial charge in [0.05, 0.1) is 45.4 Å². The maximum absolute atomic E-state index is 16.2. The smallest absolute Gasteiger partial charge is 0.297 e. The zero-order chi connectivity index (χ0) is 50.3. The zero-order valence-corrected chi connectivity index (χ0v) is 42.4. The maximum atomic E-state index is 16.2. The highest BCUT2D eigenvalue weighted by atomic mass is 32.2. The van der Waals surface area contributed by atoms with Crippen molar-refractivity contribution in [2.24, 2.45) is 11.1 Å². The van der Waals surface area contributed by atoms with E-state index in [1.54, 1.807) is 18.3 Å². The number of nitro groups is 1. The summed E-state index contributed by atoms with van der Waals surface area (Å²) in [5.41, 5.74) is 11.3. The van der Waals surface area contributed by atoms with Crippen molar-refractivity contribution in [1.82, 2.24) is 24.7 Å². The van der Waals surface area contributed by atoms with Gasteiger partial charge in [-0.3, -0.25) is 24.7 Å². The first-order valence-electron chi connectivity index (χ1n) is 25.9. The largest absolute Gasteiger partial charge is 0.489 e. The molecule has 73 heavy (non-hydrogen) atoms. The lowest BCUT2D eigenvalue weighted by Crippen LogP contribution is -2.55. The Morgan fingerprint density at radius 2 is 1.77 bits per heavy atom. The molecule has 6 aliphatic heterocycles. The minimum Gasteiger partial charge on any atom is -0.489 e. The van der Waals surface area contributed by atoms with Crippen molar-refractivity contribution < 1.29 is 32.3 Å². The molecule has 12 rings (SSSR count). The van der Waals surface area contributed by atoms with Gasteiger partial charge in [0.15, 0.2) is 11.4 Å². The molecular formula is C54H64N10O8S. The Kier molecular flexibility index (Phi) is 12.2. The second-order valence-corrected chi connectivity index (χ2v) is 23.4. The predicted molar refractivity (Wildman–Crippen MR) is 279 cm³/mol. The summed E-state index contributed by atoms with van der Waals surface area (Å²) in [5.74, 6) is -0.520. The van der Waals surface area contributed by atoms with Crippen LogP contribution in [0.25, 0.3) is 16.6 Å². The number of nitrogens with two attached hydrogens (primary N) is 1. The van der Waals surface area contributed by atoms with Crippen LogP contribution in [0.5, 0.6) is 11.6 Å². The molecule has 1 amide bonds. The number of carbonyl (C=O) groups excluding carboxylic acids is 1. The number of ether oxygens (including phenoxy) is 3. The van der Waals surface area contributed by atoms with E-state index in [-0.39, 0.29) is 63.0 Å². The molecule has 5 fully saturated rings. The van der Waals surface area contributed by atoms with E-state index in [4.69, 9.17) is 24.9 Å². The van der Waals surface area contributed by atoms with Gasteiger partial charge in [0.25, 0.3) is 11.6 Å². The molecule has 384 valence electrons. The number of likely N-dealkylation sites (tertiary alicyclic amines) is 1. The van der Waals surface area contributed by atoms with E-state index < -0.39 is 38.5 Å². The maximum Gasteiger partial charge on any atom is 0.297 e. The lowest BCUT2D eigenvalue weighted by Gasteiger charge is -2.56. The molecule has 1 aliphatic carbocycles. The molecule has 7 aliphatic rings. The highest BCUT2D eigenvalue weighted by Crippen LogP contribution is 2.56. The van der Waals surface area contributed by atoms with Crippen LogP contribution in [0, 0.1) is 15.5 Å². The number of hydrogen-bond acceptors (Lipinski definition) is 15. The molecule has 19 heteroatoms. The van der Waals surface area contributed by atoms with Gasteiger partial charge >= 0.3 is 0 Å². The van der Waals surface area contributed by atoms with Gasteiger partial charge < -0.3 is 44.9 Å². The summed E-state index contributed by atoms with van der Waals surface area (Å²) >= 11 is 0. The molecule has 3 aromatic carbocycles. The van der Waals surface area contributed by atoms with Crippen molar-refractivity contribution in [3.05, 3.63) is 100 Å². The predicted octanol–water partition coefficient (Wildman–Crippen LogP) is 7.13. The third-order valence-corrected chi connectivity index (χ3v) is 18.8. The van der Waals surface area contributed by atoms with E-state index in [0.717, 1.165) is 88.3 Å². The van der Waals surface area contributed by atoms with Crippen LogP contribution in [0.4, 0.5) is 28.4 Å². The lowest BCUT2D eigenvalue weighted by atomic mass is 9.59. The Labute approximate surface area is 425 Å². The SMILES string of the molecule is C=C(C)c1ccccc1[C@@H]1CCCN1C1CC2(CCN(c3ccc(C(N)=O)c(N4c5cc6cc[nH]c6nc5O[C@H]5COCC[C@@H]54)c3S(=O)(=O)c3cc4c(c([N+](=O)[O-])c3)N[C@H](CN3CCN(C)CC3)CO4)CC2)C1. The van der Waals surface area contributed by atoms with Crippen molar-refractivity contribution in [3.63, 3.8) is 0 Å². The number of anilines is 4. The number of likely N-dealkylation sites (N-methyl/N-ethyl adjacent to an activating group) is 1. The fourth-order valence-electron chi connectivity index (χ4n) is 13.1. The monoisotopic (exact) mass is 1010 g/mol. The Morgan fingerprint density at radius 1 is 0.973 bits per heavy atom. The quantitative estimate of drug-likeness (QED) is 0.0890. The first-order chi connectivity index (χ1) is 35.2. The van der Waals surface area contributed by atoms with Crippen LogP contribution in [0.15, 0.2) is 83.2 Å². The number of primary amides is 1. The van der Waals surface area contributed by atoms with Gasteiger partial charge in [-0.05, 0) is 106 Å². The summed E-state index contributed by atoms with van der Waals surface area (Å²) in [4.78, 5) is 45.2. The molecular weight excluding hydrogens is 949 g/mol. The summed E-state index contributed by atoms with van der Waals surface area (Å²) in [6, 6.07) is 18.3. The van der Waals surface area contributed by atoms with Crippen LogP contribution >= 0.6 is 0 Å². The third kappa shape index (κ3) is 8.46. The average Bonchev–Trinajstić information content (AvgIpc) is 4.06. The molecule has 5 aromatic rings. The van der Waals surface area contributed by atoms with Crippen molar-refractivity contribution in [3.8, 4) is 11.6 Å². The van der Waals surface area contributed by atoms with Crippen LogP contribution in [0.1, 0.15) is 79.4 Å². The summed E-state index contributed by atoms with van der Waals surface area (Å²) in [5, 5.41) is 17.2. The number of aromatic amines is 1. The molecule has 4 N–H and O–H groups in total. The molecule has 1 saturated carbocycles. The lowest BCUT2D eigenvalue weighted by molar-refractivity contribution is -0.384. The normalized spacial score (nSPS) is 24.5. The molecule has 1 spiro atoms. The van der Waals surface area contributed by atoms with E-state index in [9.17, 15) is 14.9 Å². The highest BCUT2D eigenvalue weighted by Gasteiger charge is 2.51. The van der Waals surface area contributed by atoms with Crippen LogP contribution < -0.4 is 30.3 Å². The van der Waals surface area contributed by atoms with Crippen LogP contribution in [-0.2, 0) is 14.6 Å². The Bertz CT molecular complexity index is 3120. The Morgan fingerprint density at radius 3 is 2.53 bits per heavy atom. The van der Waals surface area contributed by atoms with Gasteiger partial charge in [-0.25, -0.2) is 8.42 Å². The number of sulfone groups is 1. The Hall–Kier alpha value is -6.25. The van der Waals surface area contributed by atoms with Crippen LogP contribution in [0.3, 0.4) is 0 Å². The van der Waals surface area contributed by atoms with Crippen molar-refractivity contribution in [1.29, 1.82) is 0 Å². The van der Waals surface area contributed by atoms with E-state index >= 15 is 8.42 Å². The average molecular weight is 1010 g/mol. The molecule has 18 nitrogen and oxygen atoms in total. The summed E-state index contributed by atoms with van der Waals surface area (Å²) in [7, 11) is -2.68. The molecule has 4 atom stereocenters. The number of hydrogen-bond donors (Lipinski definition) is 3. The minimum atomic E-state index is -4.77. The van der Waals surface area contributed by atoms with Crippen molar-refractivity contribution in [2.75, 3.05) is 94.3 Å². The topological polar surface area (TPSA) is 205 Å². The minimum absolute atomic E-state index is 0.0181. The van der Waals surface area contributed by atoms with Gasteiger partial charge in [-0.1, -0.05) is 36.4 Å². The molecule has 0 radical (unpaired) electrons. The fourth-order valence-corrected chi connectivity index (χ4v) is 14.8. The molecule has 0 bridgehead atoms. The Balaban J connectivity index is 0.935. The number of carbonyl (C=O) groups is 1. The number of nitrogens with zero attached hydrogens (tertiary/aromatic N) is 7. The van der Waals surface area contributed by atoms with E-state index in [0.29, 0.717) is 61.8 Å². The van der Waals surface area contributed by atoms with Gasteiger partial charge in [0, 0.05) is 88.2 Å². The third-order valence-electron chi connectivity index (χ3n) is 17.0. The fraction of sp³-hybridized carbons (Fsp3) is 0.481. The van der Waals surface area contributed by atoms with Crippen molar-refractivity contribution in [2.45, 2.75) is 91.9 Å². The number of piperazine rings is 1. The van der Waals surface area contributed by atoms with E-state index in [1.807, 2.05) is 17.0 Å². The number of rotatable bonds is 11. The van der Waals surface area contributed by atoms with Gasteiger partial charge in [0.1, 0.15) is 28.9 Å². The number of nitrogens with one attached hydrogen (secondary N) is 2. The van der Waals surface area contributed by atoms with Gasteiger partial charge in [0.2, 0.25) is 15.7 Å². The van der Waals surface area contributed by atoms with Gasteiger partial charge in [-0.15, -0.1) is 0 Å². The number of aromatic nitrogens is 2. The zero-order valence-electron chi connectivity index (χ0n) is 41.6.